The van der Waals surface area contributed by atoms with Gasteiger partial charge in [-0.1, -0.05) is 73.8 Å². The molecule has 0 N–H and O–H groups in total. The molecule has 0 radical (unpaired) electrons. The fourth-order valence-corrected chi connectivity index (χ4v) is 1.71. The van der Waals surface area contributed by atoms with Crippen molar-refractivity contribution in [2.24, 2.45) is 4.99 Å². The molecule has 0 aromatic heterocycles. The number of nitrogens with zero attached hydrogens (tertiary/aromatic N) is 1. The summed E-state index contributed by atoms with van der Waals surface area (Å²) in [5.74, 6) is 0. The summed E-state index contributed by atoms with van der Waals surface area (Å²) in [6, 6.07) is 8.02. The molecule has 4 heteroatoms. The summed E-state index contributed by atoms with van der Waals surface area (Å²) in [5.41, 5.74) is 2.16. The predicted molar refractivity (Wildman–Crippen MR) is 82.7 cm³/mol. The SMILES string of the molecule is CC(C)(C)c1ccccc1N=C/C=C\C(Cl)(Cl)Cl. The first-order chi connectivity index (χ1) is 8.20. The Hall–Kier alpha value is -0.500. The zero-order valence-corrected chi connectivity index (χ0v) is 12.9. The van der Waals surface area contributed by atoms with Crippen LogP contribution < -0.4 is 0 Å². The molecule has 0 aliphatic rings. The number of allylic oxidation sites excluding steroid dienone is 2. The Bertz CT molecular complexity index is 451. The number of rotatable bonds is 2. The molecule has 0 atom stereocenters. The van der Waals surface area contributed by atoms with Crippen LogP contribution in [0.25, 0.3) is 0 Å². The zero-order valence-electron chi connectivity index (χ0n) is 10.6. The molecular formula is C14H16Cl3N. The van der Waals surface area contributed by atoms with Gasteiger partial charge >= 0.3 is 0 Å². The lowest BCUT2D eigenvalue weighted by atomic mass is 9.86. The van der Waals surface area contributed by atoms with Crippen molar-refractivity contribution < 1.29 is 0 Å². The quantitative estimate of drug-likeness (QED) is 0.497. The van der Waals surface area contributed by atoms with Gasteiger partial charge in [-0.3, -0.25) is 4.99 Å². The van der Waals surface area contributed by atoms with Gasteiger partial charge in [-0.2, -0.15) is 0 Å². The van der Waals surface area contributed by atoms with Crippen molar-refractivity contribution >= 4 is 46.7 Å². The van der Waals surface area contributed by atoms with Crippen LogP contribution in [0.5, 0.6) is 0 Å². The molecule has 98 valence electrons. The highest BCUT2D eigenvalue weighted by Crippen LogP contribution is 2.31. The minimum absolute atomic E-state index is 0.0485. The molecule has 0 fully saturated rings. The maximum absolute atomic E-state index is 5.60. The van der Waals surface area contributed by atoms with Crippen LogP contribution >= 0.6 is 34.8 Å². The van der Waals surface area contributed by atoms with Gasteiger partial charge in [0.25, 0.3) is 0 Å². The van der Waals surface area contributed by atoms with Gasteiger partial charge in [0.15, 0.2) is 0 Å². The van der Waals surface area contributed by atoms with Gasteiger partial charge in [0.1, 0.15) is 0 Å². The fourth-order valence-electron chi connectivity index (χ4n) is 1.50. The number of para-hydroxylation sites is 1. The van der Waals surface area contributed by atoms with Crippen LogP contribution in [0.15, 0.2) is 41.4 Å². The van der Waals surface area contributed by atoms with Gasteiger partial charge < -0.3 is 0 Å². The van der Waals surface area contributed by atoms with Crippen LogP contribution in [0.2, 0.25) is 0 Å². The highest BCUT2D eigenvalue weighted by molar-refractivity contribution is 6.69. The van der Waals surface area contributed by atoms with E-state index in [1.807, 2.05) is 18.2 Å². The van der Waals surface area contributed by atoms with E-state index in [1.165, 1.54) is 11.6 Å². The molecule has 1 rings (SSSR count). The monoisotopic (exact) mass is 303 g/mol. The van der Waals surface area contributed by atoms with E-state index in [4.69, 9.17) is 34.8 Å². The molecule has 1 aromatic carbocycles. The first kappa shape index (κ1) is 15.6. The Morgan fingerprint density at radius 3 is 2.22 bits per heavy atom. The Morgan fingerprint density at radius 2 is 1.67 bits per heavy atom. The van der Waals surface area contributed by atoms with E-state index in [9.17, 15) is 0 Å². The Balaban J connectivity index is 2.92. The molecule has 0 unspecified atom stereocenters. The van der Waals surface area contributed by atoms with E-state index in [1.54, 1.807) is 12.3 Å². The smallest absolute Gasteiger partial charge is 0.209 e. The molecule has 1 nitrogen and oxygen atoms in total. The average molecular weight is 305 g/mol. The molecule has 0 bridgehead atoms. The fraction of sp³-hybridized carbons (Fsp3) is 0.357. The van der Waals surface area contributed by atoms with E-state index >= 15 is 0 Å². The third kappa shape index (κ3) is 5.43. The van der Waals surface area contributed by atoms with E-state index in [-0.39, 0.29) is 5.41 Å². The van der Waals surface area contributed by atoms with Crippen LogP contribution in [-0.4, -0.2) is 10.0 Å². The van der Waals surface area contributed by atoms with Crippen LogP contribution in [-0.2, 0) is 5.41 Å². The van der Waals surface area contributed by atoms with Crippen LogP contribution in [0.4, 0.5) is 5.69 Å². The topological polar surface area (TPSA) is 12.4 Å². The summed E-state index contributed by atoms with van der Waals surface area (Å²) in [4.78, 5) is 4.39. The van der Waals surface area contributed by atoms with E-state index in [0.717, 1.165) is 5.69 Å². The Kier molecular flexibility index (Phi) is 5.27. The van der Waals surface area contributed by atoms with Gasteiger partial charge in [0.2, 0.25) is 3.79 Å². The number of aliphatic imine (C=N–C) groups is 1. The number of hydrogen-bond acceptors (Lipinski definition) is 1. The first-order valence-electron chi connectivity index (χ1n) is 5.58. The average Bonchev–Trinajstić information content (AvgIpc) is 2.22. The maximum Gasteiger partial charge on any atom is 0.209 e. The van der Waals surface area contributed by atoms with Crippen LogP contribution in [0, 0.1) is 0 Å². The van der Waals surface area contributed by atoms with E-state index in [2.05, 4.69) is 31.8 Å². The summed E-state index contributed by atoms with van der Waals surface area (Å²) in [7, 11) is 0. The second-order valence-corrected chi connectivity index (χ2v) is 7.31. The highest BCUT2D eigenvalue weighted by atomic mass is 35.6. The lowest BCUT2D eigenvalue weighted by Crippen LogP contribution is -2.10. The van der Waals surface area contributed by atoms with Crippen molar-refractivity contribution in [1.82, 2.24) is 0 Å². The molecule has 0 amide bonds. The lowest BCUT2D eigenvalue weighted by molar-refractivity contribution is 0.591. The summed E-state index contributed by atoms with van der Waals surface area (Å²) in [5, 5.41) is 0. The summed E-state index contributed by atoms with van der Waals surface area (Å²) in [6.45, 7) is 6.45. The van der Waals surface area contributed by atoms with Crippen molar-refractivity contribution in [2.45, 2.75) is 30.0 Å². The van der Waals surface area contributed by atoms with Crippen LogP contribution in [0.1, 0.15) is 26.3 Å². The number of alkyl halides is 3. The van der Waals surface area contributed by atoms with Crippen molar-refractivity contribution in [2.75, 3.05) is 0 Å². The van der Waals surface area contributed by atoms with Gasteiger partial charge in [-0.25, -0.2) is 0 Å². The van der Waals surface area contributed by atoms with Crippen molar-refractivity contribution in [3.8, 4) is 0 Å². The second kappa shape index (κ2) is 6.10. The standard InChI is InChI=1S/C14H16Cl3N/c1-13(2,3)11-7-4-5-8-12(11)18-10-6-9-14(15,16)17/h4-10H,1-3H3/b9-6-,18-10?. The molecule has 0 saturated heterocycles. The Labute approximate surface area is 123 Å². The van der Waals surface area contributed by atoms with Gasteiger partial charge in [-0.15, -0.1) is 0 Å². The number of benzene rings is 1. The van der Waals surface area contributed by atoms with Crippen molar-refractivity contribution in [3.05, 3.63) is 42.0 Å². The lowest BCUT2D eigenvalue weighted by Gasteiger charge is -2.20. The molecule has 1 aromatic rings. The normalized spacial score (nSPS) is 13.7. The van der Waals surface area contributed by atoms with Crippen molar-refractivity contribution in [1.29, 1.82) is 0 Å². The molecule has 0 saturated carbocycles. The third-order valence-corrected chi connectivity index (χ3v) is 2.67. The van der Waals surface area contributed by atoms with Crippen molar-refractivity contribution in [3.63, 3.8) is 0 Å². The molecule has 0 spiro atoms. The Morgan fingerprint density at radius 1 is 1.06 bits per heavy atom. The number of hydrogen-bond donors (Lipinski definition) is 0. The summed E-state index contributed by atoms with van der Waals surface area (Å²) < 4.78 is -1.38. The minimum Gasteiger partial charge on any atom is -0.257 e. The van der Waals surface area contributed by atoms with Gasteiger partial charge in [-0.05, 0) is 29.2 Å². The minimum atomic E-state index is -1.38. The predicted octanol–water partition coefficient (Wildman–Crippen LogP) is 5.61. The molecule has 18 heavy (non-hydrogen) atoms. The molecule has 0 aliphatic heterocycles. The largest absolute Gasteiger partial charge is 0.257 e. The zero-order chi connectivity index (χ0) is 13.8. The maximum atomic E-state index is 5.60. The highest BCUT2D eigenvalue weighted by Gasteiger charge is 2.16. The molecule has 0 aliphatic carbocycles. The van der Waals surface area contributed by atoms with E-state index < -0.39 is 3.79 Å². The second-order valence-electron chi connectivity index (χ2n) is 4.95. The first-order valence-corrected chi connectivity index (χ1v) is 6.72. The van der Waals surface area contributed by atoms with Crippen LogP contribution in [0.3, 0.4) is 0 Å². The van der Waals surface area contributed by atoms with Gasteiger partial charge in [0.05, 0.1) is 5.69 Å². The molecule has 0 heterocycles. The number of halogens is 3. The summed E-state index contributed by atoms with van der Waals surface area (Å²) in [6.07, 6.45) is 4.72. The summed E-state index contributed by atoms with van der Waals surface area (Å²) >= 11 is 16.8. The van der Waals surface area contributed by atoms with Gasteiger partial charge in [0, 0.05) is 6.21 Å². The van der Waals surface area contributed by atoms with E-state index in [0.29, 0.717) is 0 Å². The molecular weight excluding hydrogens is 289 g/mol. The third-order valence-electron chi connectivity index (χ3n) is 2.30.